The molecule has 0 aliphatic rings. The van der Waals surface area contributed by atoms with E-state index in [9.17, 15) is 14.9 Å². The minimum atomic E-state index is -0.472. The molecule has 26 heavy (non-hydrogen) atoms. The summed E-state index contributed by atoms with van der Waals surface area (Å²) in [6.45, 7) is 0. The first kappa shape index (κ1) is 17.4. The number of rotatable bonds is 6. The molecule has 0 unspecified atom stereocenters. The van der Waals surface area contributed by atoms with E-state index in [0.29, 0.717) is 10.6 Å². The van der Waals surface area contributed by atoms with E-state index in [1.807, 2.05) is 35.7 Å². The molecule has 0 spiro atoms. The van der Waals surface area contributed by atoms with Gasteiger partial charge in [0.2, 0.25) is 5.91 Å². The van der Waals surface area contributed by atoms with Crippen molar-refractivity contribution in [3.63, 3.8) is 0 Å². The number of carbonyl (C=O) groups is 1. The molecular weight excluding hydrogens is 352 g/mol. The van der Waals surface area contributed by atoms with E-state index < -0.39 is 4.92 Å². The number of nitro benzene ring substituents is 1. The van der Waals surface area contributed by atoms with Gasteiger partial charge in [-0.15, -0.1) is 11.3 Å². The topological polar surface area (TPSA) is 97.5 Å². The Morgan fingerprint density at radius 1 is 1.19 bits per heavy atom. The van der Waals surface area contributed by atoms with Gasteiger partial charge in [0.25, 0.3) is 5.69 Å². The summed E-state index contributed by atoms with van der Waals surface area (Å²) < 4.78 is 0. The summed E-state index contributed by atoms with van der Waals surface area (Å²) in [5, 5.41) is 17.1. The van der Waals surface area contributed by atoms with Gasteiger partial charge in [0.05, 0.1) is 23.3 Å². The van der Waals surface area contributed by atoms with Crippen LogP contribution in [-0.2, 0) is 11.2 Å². The highest BCUT2D eigenvalue weighted by molar-refractivity contribution is 7.10. The third-order valence-corrected chi connectivity index (χ3v) is 4.29. The Labute approximate surface area is 153 Å². The summed E-state index contributed by atoms with van der Waals surface area (Å²) in [7, 11) is 0. The lowest BCUT2D eigenvalue weighted by Gasteiger charge is -1.97. The van der Waals surface area contributed by atoms with Crippen molar-refractivity contribution in [2.45, 2.75) is 6.42 Å². The molecule has 130 valence electrons. The Kier molecular flexibility index (Phi) is 5.45. The van der Waals surface area contributed by atoms with E-state index >= 15 is 0 Å². The van der Waals surface area contributed by atoms with Gasteiger partial charge in [0.1, 0.15) is 5.01 Å². The van der Waals surface area contributed by atoms with E-state index in [0.717, 1.165) is 11.3 Å². The molecule has 1 aromatic heterocycles. The lowest BCUT2D eigenvalue weighted by Crippen LogP contribution is -2.19. The second-order valence-electron chi connectivity index (χ2n) is 5.31. The molecule has 0 bridgehead atoms. The van der Waals surface area contributed by atoms with Gasteiger partial charge in [-0.05, 0) is 17.7 Å². The summed E-state index contributed by atoms with van der Waals surface area (Å²) in [5.74, 6) is -0.280. The standard InChI is InChI=1S/C18H14N4O3S/c23-17(21-19-11-13-6-8-15(9-7-13)22(24)25)10-18-20-16(12-26-18)14-4-2-1-3-5-14/h1-9,11-12H,10H2,(H,21,23)/b19-11-. The number of hydrogen-bond donors (Lipinski definition) is 1. The predicted octanol–water partition coefficient (Wildman–Crippen LogP) is 3.41. The molecule has 0 aliphatic heterocycles. The minimum Gasteiger partial charge on any atom is -0.273 e. The number of nitrogens with one attached hydrogen (secondary N) is 1. The van der Waals surface area contributed by atoms with Crippen molar-refractivity contribution < 1.29 is 9.72 Å². The van der Waals surface area contributed by atoms with Crippen LogP contribution in [-0.4, -0.2) is 22.0 Å². The number of benzene rings is 2. The molecule has 0 fully saturated rings. The first-order valence-electron chi connectivity index (χ1n) is 7.68. The molecule has 0 atom stereocenters. The first-order chi connectivity index (χ1) is 12.6. The zero-order valence-electron chi connectivity index (χ0n) is 13.5. The number of amides is 1. The van der Waals surface area contributed by atoms with Gasteiger partial charge in [-0.2, -0.15) is 5.10 Å². The van der Waals surface area contributed by atoms with Crippen molar-refractivity contribution in [2.75, 3.05) is 0 Å². The number of non-ortho nitro benzene ring substituents is 1. The van der Waals surface area contributed by atoms with Gasteiger partial charge in [-0.1, -0.05) is 30.3 Å². The number of nitro groups is 1. The van der Waals surface area contributed by atoms with Crippen LogP contribution in [0.2, 0.25) is 0 Å². The highest BCUT2D eigenvalue weighted by atomic mass is 32.1. The van der Waals surface area contributed by atoms with Crippen LogP contribution in [0.1, 0.15) is 10.6 Å². The number of aromatic nitrogens is 1. The third kappa shape index (κ3) is 4.58. The van der Waals surface area contributed by atoms with Crippen molar-refractivity contribution in [1.82, 2.24) is 10.4 Å². The molecule has 3 aromatic rings. The number of nitrogens with zero attached hydrogens (tertiary/aromatic N) is 3. The second kappa shape index (κ2) is 8.13. The van der Waals surface area contributed by atoms with Gasteiger partial charge < -0.3 is 0 Å². The molecule has 2 aromatic carbocycles. The quantitative estimate of drug-likeness (QED) is 0.411. The SMILES string of the molecule is O=C(Cc1nc(-c2ccccc2)cs1)N/N=C\c1ccc([N+](=O)[O-])cc1. The van der Waals surface area contributed by atoms with Crippen LogP contribution >= 0.6 is 11.3 Å². The number of thiazole rings is 1. The van der Waals surface area contributed by atoms with Crippen LogP contribution < -0.4 is 5.43 Å². The number of hydrazone groups is 1. The lowest BCUT2D eigenvalue weighted by atomic mass is 10.2. The van der Waals surface area contributed by atoms with Crippen molar-refractivity contribution in [3.05, 3.63) is 80.7 Å². The largest absolute Gasteiger partial charge is 0.273 e. The Morgan fingerprint density at radius 2 is 1.92 bits per heavy atom. The zero-order valence-corrected chi connectivity index (χ0v) is 14.3. The van der Waals surface area contributed by atoms with Gasteiger partial charge in [-0.3, -0.25) is 14.9 Å². The molecule has 7 nitrogen and oxygen atoms in total. The molecule has 3 rings (SSSR count). The summed E-state index contributed by atoms with van der Waals surface area (Å²) in [6, 6.07) is 15.6. The maximum atomic E-state index is 11.9. The van der Waals surface area contributed by atoms with Crippen LogP contribution in [0.3, 0.4) is 0 Å². The molecule has 0 radical (unpaired) electrons. The Hall–Kier alpha value is -3.39. The van der Waals surface area contributed by atoms with E-state index in [-0.39, 0.29) is 18.0 Å². The van der Waals surface area contributed by atoms with Crippen LogP contribution in [0.15, 0.2) is 65.1 Å². The Balaban J connectivity index is 1.54. The van der Waals surface area contributed by atoms with E-state index in [1.165, 1.54) is 29.7 Å². The van der Waals surface area contributed by atoms with Crippen molar-refractivity contribution in [3.8, 4) is 11.3 Å². The highest BCUT2D eigenvalue weighted by Crippen LogP contribution is 2.21. The fraction of sp³-hybridized carbons (Fsp3) is 0.0556. The highest BCUT2D eigenvalue weighted by Gasteiger charge is 2.08. The van der Waals surface area contributed by atoms with E-state index in [2.05, 4.69) is 15.5 Å². The van der Waals surface area contributed by atoms with Crippen LogP contribution in [0, 0.1) is 10.1 Å². The molecule has 0 saturated carbocycles. The minimum absolute atomic E-state index is 0.00387. The Morgan fingerprint density at radius 3 is 2.62 bits per heavy atom. The molecule has 1 N–H and O–H groups in total. The van der Waals surface area contributed by atoms with E-state index in [1.54, 1.807) is 12.1 Å². The van der Waals surface area contributed by atoms with Gasteiger partial charge in [0.15, 0.2) is 0 Å². The molecule has 1 heterocycles. The average Bonchev–Trinajstić information content (AvgIpc) is 3.11. The number of carbonyl (C=O) groups excluding carboxylic acids is 1. The first-order valence-corrected chi connectivity index (χ1v) is 8.56. The summed E-state index contributed by atoms with van der Waals surface area (Å²) in [5.41, 5.74) is 4.93. The Bertz CT molecular complexity index is 937. The predicted molar refractivity (Wildman–Crippen MR) is 100 cm³/mol. The summed E-state index contributed by atoms with van der Waals surface area (Å²) >= 11 is 1.42. The summed E-state index contributed by atoms with van der Waals surface area (Å²) in [6.07, 6.45) is 1.56. The number of hydrogen-bond acceptors (Lipinski definition) is 6. The van der Waals surface area contributed by atoms with Crippen LogP contribution in [0.4, 0.5) is 5.69 Å². The fourth-order valence-corrected chi connectivity index (χ4v) is 2.97. The molecule has 0 aliphatic carbocycles. The maximum Gasteiger partial charge on any atom is 0.269 e. The average molecular weight is 366 g/mol. The van der Waals surface area contributed by atoms with Gasteiger partial charge in [0, 0.05) is 23.1 Å². The third-order valence-electron chi connectivity index (χ3n) is 3.44. The monoisotopic (exact) mass is 366 g/mol. The van der Waals surface area contributed by atoms with Gasteiger partial charge in [-0.25, -0.2) is 10.4 Å². The van der Waals surface area contributed by atoms with Gasteiger partial charge >= 0.3 is 0 Å². The van der Waals surface area contributed by atoms with E-state index in [4.69, 9.17) is 0 Å². The zero-order chi connectivity index (χ0) is 18.4. The maximum absolute atomic E-state index is 11.9. The normalized spacial score (nSPS) is 10.8. The van der Waals surface area contributed by atoms with Crippen molar-refractivity contribution >= 4 is 29.1 Å². The van der Waals surface area contributed by atoms with Crippen LogP contribution in [0.25, 0.3) is 11.3 Å². The van der Waals surface area contributed by atoms with Crippen molar-refractivity contribution in [2.24, 2.45) is 5.10 Å². The smallest absolute Gasteiger partial charge is 0.269 e. The van der Waals surface area contributed by atoms with Crippen molar-refractivity contribution in [1.29, 1.82) is 0 Å². The molecule has 8 heteroatoms. The fourth-order valence-electron chi connectivity index (χ4n) is 2.17. The molecular formula is C18H14N4O3S. The second-order valence-corrected chi connectivity index (χ2v) is 6.25. The van der Waals surface area contributed by atoms with Crippen LogP contribution in [0.5, 0.6) is 0 Å². The molecule has 0 saturated heterocycles. The summed E-state index contributed by atoms with van der Waals surface area (Å²) in [4.78, 5) is 26.5. The lowest BCUT2D eigenvalue weighted by molar-refractivity contribution is -0.384. The molecule has 1 amide bonds.